The molecular formula is C17H15N3O3S. The lowest BCUT2D eigenvalue weighted by Crippen LogP contribution is -2.19. The van der Waals surface area contributed by atoms with Gasteiger partial charge in [0, 0.05) is 5.56 Å². The Kier molecular flexibility index (Phi) is 5.02. The molecule has 7 heteroatoms. The number of carboxylic acid groups (broad SMARTS) is 1. The van der Waals surface area contributed by atoms with E-state index in [1.807, 2.05) is 54.6 Å². The number of amides is 1. The number of rotatable bonds is 6. The van der Waals surface area contributed by atoms with Crippen LogP contribution in [-0.2, 0) is 13.2 Å². The van der Waals surface area contributed by atoms with Crippen LogP contribution in [0.5, 0.6) is 5.75 Å². The zero-order chi connectivity index (χ0) is 16.8. The van der Waals surface area contributed by atoms with Crippen molar-refractivity contribution in [3.63, 3.8) is 0 Å². The molecule has 0 radical (unpaired) electrons. The van der Waals surface area contributed by atoms with E-state index >= 15 is 0 Å². The minimum atomic E-state index is -1.08. The summed E-state index contributed by atoms with van der Waals surface area (Å²) in [6.45, 7) is 0.676. The van der Waals surface area contributed by atoms with Gasteiger partial charge in [-0.1, -0.05) is 41.7 Å². The summed E-state index contributed by atoms with van der Waals surface area (Å²) in [6.07, 6.45) is -1.08. The number of nitrogens with one attached hydrogen (secondary N) is 1. The van der Waals surface area contributed by atoms with Gasteiger partial charge in [0.1, 0.15) is 22.4 Å². The minimum Gasteiger partial charge on any atom is -0.489 e. The summed E-state index contributed by atoms with van der Waals surface area (Å²) in [7, 11) is 0. The molecule has 0 unspecified atom stereocenters. The highest BCUT2D eigenvalue weighted by molar-refractivity contribution is 7.14. The Labute approximate surface area is 142 Å². The maximum atomic E-state index is 10.5. The van der Waals surface area contributed by atoms with E-state index < -0.39 is 6.09 Å². The van der Waals surface area contributed by atoms with E-state index in [1.54, 1.807) is 0 Å². The Morgan fingerprint density at radius 3 is 2.54 bits per heavy atom. The van der Waals surface area contributed by atoms with Crippen molar-refractivity contribution in [3.05, 3.63) is 65.2 Å². The van der Waals surface area contributed by atoms with Crippen molar-refractivity contribution in [2.24, 2.45) is 0 Å². The normalized spacial score (nSPS) is 10.3. The second-order valence-corrected chi connectivity index (χ2v) is 6.02. The lowest BCUT2D eigenvalue weighted by molar-refractivity contribution is 0.194. The standard InChI is InChI=1S/C17H15N3O3S/c21-17(22)18-10-15-19-20-16(24-15)13-6-8-14(9-7-13)23-11-12-4-2-1-3-5-12/h1-9,18H,10-11H2,(H,21,22). The molecule has 1 amide bonds. The molecule has 0 saturated carbocycles. The van der Waals surface area contributed by atoms with Crippen LogP contribution in [0.3, 0.4) is 0 Å². The number of carbonyl (C=O) groups is 1. The van der Waals surface area contributed by atoms with E-state index in [1.165, 1.54) is 11.3 Å². The fourth-order valence-electron chi connectivity index (χ4n) is 2.03. The quantitative estimate of drug-likeness (QED) is 0.716. The SMILES string of the molecule is O=C(O)NCc1nnc(-c2ccc(OCc3ccccc3)cc2)s1. The van der Waals surface area contributed by atoms with Gasteiger partial charge in [-0.05, 0) is 29.8 Å². The van der Waals surface area contributed by atoms with E-state index in [4.69, 9.17) is 9.84 Å². The first-order valence-corrected chi connectivity index (χ1v) is 8.09. The van der Waals surface area contributed by atoms with Gasteiger partial charge < -0.3 is 15.2 Å². The van der Waals surface area contributed by atoms with E-state index in [9.17, 15) is 4.79 Å². The molecule has 6 nitrogen and oxygen atoms in total. The Hall–Kier alpha value is -2.93. The topological polar surface area (TPSA) is 84.3 Å². The predicted octanol–water partition coefficient (Wildman–Crippen LogP) is 3.55. The van der Waals surface area contributed by atoms with Gasteiger partial charge >= 0.3 is 6.09 Å². The monoisotopic (exact) mass is 341 g/mol. The Morgan fingerprint density at radius 1 is 1.08 bits per heavy atom. The van der Waals surface area contributed by atoms with Crippen LogP contribution in [0.1, 0.15) is 10.6 Å². The molecule has 0 aliphatic heterocycles. The second kappa shape index (κ2) is 7.56. The molecule has 0 aliphatic carbocycles. The molecule has 3 rings (SSSR count). The summed E-state index contributed by atoms with van der Waals surface area (Å²) in [5.41, 5.74) is 2.03. The van der Waals surface area contributed by atoms with Crippen LogP contribution < -0.4 is 10.1 Å². The molecular weight excluding hydrogens is 326 g/mol. The maximum Gasteiger partial charge on any atom is 0.405 e. The largest absolute Gasteiger partial charge is 0.489 e. The number of ether oxygens (including phenoxy) is 1. The van der Waals surface area contributed by atoms with Gasteiger partial charge in [-0.25, -0.2) is 4.79 Å². The zero-order valence-corrected chi connectivity index (χ0v) is 13.5. The van der Waals surface area contributed by atoms with Crippen molar-refractivity contribution in [2.45, 2.75) is 13.2 Å². The maximum absolute atomic E-state index is 10.5. The van der Waals surface area contributed by atoms with Gasteiger partial charge in [0.15, 0.2) is 0 Å². The minimum absolute atomic E-state index is 0.158. The van der Waals surface area contributed by atoms with Gasteiger partial charge in [0.25, 0.3) is 0 Å². The average molecular weight is 341 g/mol. The van der Waals surface area contributed by atoms with Crippen molar-refractivity contribution in [2.75, 3.05) is 0 Å². The molecule has 1 heterocycles. The van der Waals surface area contributed by atoms with Crippen LogP contribution in [0, 0.1) is 0 Å². The molecule has 2 N–H and O–H groups in total. The van der Waals surface area contributed by atoms with E-state index in [2.05, 4.69) is 15.5 Å². The molecule has 0 bridgehead atoms. The number of hydrogen-bond donors (Lipinski definition) is 2. The van der Waals surface area contributed by atoms with Gasteiger partial charge in [-0.15, -0.1) is 10.2 Å². The number of benzene rings is 2. The van der Waals surface area contributed by atoms with Crippen molar-refractivity contribution < 1.29 is 14.6 Å². The average Bonchev–Trinajstić information content (AvgIpc) is 3.08. The lowest BCUT2D eigenvalue weighted by atomic mass is 10.2. The molecule has 1 aromatic heterocycles. The third-order valence-electron chi connectivity index (χ3n) is 3.21. The van der Waals surface area contributed by atoms with Crippen molar-refractivity contribution in [1.82, 2.24) is 15.5 Å². The Morgan fingerprint density at radius 2 is 1.83 bits per heavy atom. The molecule has 3 aromatic rings. The summed E-state index contributed by atoms with van der Waals surface area (Å²) in [6, 6.07) is 17.6. The summed E-state index contributed by atoms with van der Waals surface area (Å²) in [5.74, 6) is 0.778. The van der Waals surface area contributed by atoms with Crippen molar-refractivity contribution >= 4 is 17.4 Å². The first-order chi connectivity index (χ1) is 11.7. The van der Waals surface area contributed by atoms with Gasteiger partial charge in [-0.3, -0.25) is 0 Å². The Bertz CT molecular complexity index is 803. The molecule has 0 spiro atoms. The van der Waals surface area contributed by atoms with Crippen molar-refractivity contribution in [3.8, 4) is 16.3 Å². The third kappa shape index (κ3) is 4.30. The van der Waals surface area contributed by atoms with Crippen LogP contribution in [0.2, 0.25) is 0 Å². The van der Waals surface area contributed by atoms with Gasteiger partial charge in [-0.2, -0.15) is 0 Å². The second-order valence-electron chi connectivity index (χ2n) is 4.96. The molecule has 24 heavy (non-hydrogen) atoms. The zero-order valence-electron chi connectivity index (χ0n) is 12.7. The molecule has 0 saturated heterocycles. The first-order valence-electron chi connectivity index (χ1n) is 7.27. The van der Waals surface area contributed by atoms with Gasteiger partial charge in [0.05, 0.1) is 6.54 Å². The molecule has 0 aliphatic rings. The highest BCUT2D eigenvalue weighted by Gasteiger charge is 2.08. The number of aromatic nitrogens is 2. The van der Waals surface area contributed by atoms with Gasteiger partial charge in [0.2, 0.25) is 0 Å². The van der Waals surface area contributed by atoms with E-state index in [0.717, 1.165) is 21.9 Å². The highest BCUT2D eigenvalue weighted by Crippen LogP contribution is 2.25. The summed E-state index contributed by atoms with van der Waals surface area (Å²) in [5, 5.41) is 20.3. The lowest BCUT2D eigenvalue weighted by Gasteiger charge is -2.06. The van der Waals surface area contributed by atoms with E-state index in [-0.39, 0.29) is 6.54 Å². The van der Waals surface area contributed by atoms with Crippen LogP contribution in [0.15, 0.2) is 54.6 Å². The predicted molar refractivity (Wildman–Crippen MR) is 91.0 cm³/mol. The smallest absolute Gasteiger partial charge is 0.405 e. The van der Waals surface area contributed by atoms with Crippen LogP contribution >= 0.6 is 11.3 Å². The van der Waals surface area contributed by atoms with E-state index in [0.29, 0.717) is 11.6 Å². The van der Waals surface area contributed by atoms with Crippen molar-refractivity contribution in [1.29, 1.82) is 0 Å². The molecule has 2 aromatic carbocycles. The van der Waals surface area contributed by atoms with Crippen LogP contribution in [0.4, 0.5) is 4.79 Å². The molecule has 0 fully saturated rings. The summed E-state index contributed by atoms with van der Waals surface area (Å²) >= 11 is 1.36. The summed E-state index contributed by atoms with van der Waals surface area (Å²) < 4.78 is 5.75. The first kappa shape index (κ1) is 15.9. The van der Waals surface area contributed by atoms with Crippen LogP contribution in [0.25, 0.3) is 10.6 Å². The number of nitrogens with zero attached hydrogens (tertiary/aromatic N) is 2. The highest BCUT2D eigenvalue weighted by atomic mass is 32.1. The summed E-state index contributed by atoms with van der Waals surface area (Å²) in [4.78, 5) is 10.5. The fraction of sp³-hybridized carbons (Fsp3) is 0.118. The Balaban J connectivity index is 1.61. The molecule has 0 atom stereocenters. The fourth-order valence-corrected chi connectivity index (χ4v) is 2.81. The third-order valence-corrected chi connectivity index (χ3v) is 4.18. The number of hydrogen-bond acceptors (Lipinski definition) is 5. The van der Waals surface area contributed by atoms with Crippen LogP contribution in [-0.4, -0.2) is 21.4 Å². The molecule has 122 valence electrons.